The van der Waals surface area contributed by atoms with E-state index in [-0.39, 0.29) is 5.54 Å². The lowest BCUT2D eigenvalue weighted by Gasteiger charge is -2.17. The molecular formula is C13H25N. The Balaban J connectivity index is 4.32. The van der Waals surface area contributed by atoms with Gasteiger partial charge in [-0.25, -0.2) is 0 Å². The largest absolute Gasteiger partial charge is 0.325 e. The van der Waals surface area contributed by atoms with Gasteiger partial charge in [0.2, 0.25) is 0 Å². The Morgan fingerprint density at radius 3 is 2.21 bits per heavy atom. The van der Waals surface area contributed by atoms with Gasteiger partial charge in [-0.05, 0) is 58.1 Å². The standard InChI is InChI=1S/C13H25N/c1-6-7-8-11(2)9-12(3)10-13(4,5)14/h6-8,10,14H2,1-5H3. The van der Waals surface area contributed by atoms with Gasteiger partial charge in [0, 0.05) is 5.54 Å². The van der Waals surface area contributed by atoms with Crippen molar-refractivity contribution in [1.82, 2.24) is 0 Å². The molecule has 82 valence electrons. The summed E-state index contributed by atoms with van der Waals surface area (Å²) in [5.74, 6) is 0. The van der Waals surface area contributed by atoms with Crippen LogP contribution in [0.3, 0.4) is 0 Å². The molecule has 0 spiro atoms. The molecule has 1 nitrogen and oxygen atoms in total. The van der Waals surface area contributed by atoms with Crippen LogP contribution in [0.1, 0.15) is 60.3 Å². The van der Waals surface area contributed by atoms with Crippen LogP contribution >= 0.6 is 0 Å². The van der Waals surface area contributed by atoms with Crippen molar-refractivity contribution >= 4 is 0 Å². The van der Waals surface area contributed by atoms with Crippen LogP contribution in [0.25, 0.3) is 0 Å². The van der Waals surface area contributed by atoms with E-state index in [4.69, 9.17) is 5.73 Å². The lowest BCUT2D eigenvalue weighted by atomic mass is 9.97. The fourth-order valence-corrected chi connectivity index (χ4v) is 1.60. The van der Waals surface area contributed by atoms with Crippen molar-refractivity contribution < 1.29 is 0 Å². The van der Waals surface area contributed by atoms with E-state index in [1.165, 1.54) is 30.4 Å². The fraction of sp³-hybridized carbons (Fsp3) is 0.769. The summed E-state index contributed by atoms with van der Waals surface area (Å²) >= 11 is 0. The second kappa shape index (κ2) is 6.06. The summed E-state index contributed by atoms with van der Waals surface area (Å²) in [7, 11) is 0. The zero-order chi connectivity index (χ0) is 11.2. The van der Waals surface area contributed by atoms with Crippen molar-refractivity contribution in [2.45, 2.75) is 65.8 Å². The van der Waals surface area contributed by atoms with Gasteiger partial charge >= 0.3 is 0 Å². The molecule has 0 rings (SSSR count). The third-order valence-electron chi connectivity index (χ3n) is 2.05. The third kappa shape index (κ3) is 8.10. The number of rotatable bonds is 5. The van der Waals surface area contributed by atoms with E-state index in [0.29, 0.717) is 0 Å². The average molecular weight is 195 g/mol. The van der Waals surface area contributed by atoms with Gasteiger partial charge in [-0.15, -0.1) is 5.73 Å². The first kappa shape index (κ1) is 13.5. The van der Waals surface area contributed by atoms with Gasteiger partial charge < -0.3 is 5.73 Å². The fourth-order valence-electron chi connectivity index (χ4n) is 1.60. The topological polar surface area (TPSA) is 26.0 Å². The summed E-state index contributed by atoms with van der Waals surface area (Å²) in [5, 5.41) is 0. The summed E-state index contributed by atoms with van der Waals surface area (Å²) in [6.45, 7) is 10.6. The zero-order valence-electron chi connectivity index (χ0n) is 10.4. The van der Waals surface area contributed by atoms with Gasteiger partial charge in [0.05, 0.1) is 0 Å². The number of nitrogens with two attached hydrogens (primary N) is 1. The molecule has 0 fully saturated rings. The molecule has 0 saturated carbocycles. The zero-order valence-corrected chi connectivity index (χ0v) is 10.4. The van der Waals surface area contributed by atoms with Crippen LogP contribution in [0.2, 0.25) is 0 Å². The molecule has 14 heavy (non-hydrogen) atoms. The van der Waals surface area contributed by atoms with Crippen molar-refractivity contribution in [2.75, 3.05) is 0 Å². The number of unbranched alkanes of at least 4 members (excludes halogenated alkanes) is 1. The quantitative estimate of drug-likeness (QED) is 0.663. The van der Waals surface area contributed by atoms with E-state index in [1.54, 1.807) is 0 Å². The minimum atomic E-state index is -0.109. The molecule has 0 aromatic heterocycles. The summed E-state index contributed by atoms with van der Waals surface area (Å²) in [6, 6.07) is 0. The van der Waals surface area contributed by atoms with Crippen LogP contribution in [0.5, 0.6) is 0 Å². The van der Waals surface area contributed by atoms with Crippen LogP contribution < -0.4 is 5.73 Å². The highest BCUT2D eigenvalue weighted by Crippen LogP contribution is 2.13. The second-order valence-corrected chi connectivity index (χ2v) is 4.95. The number of hydrogen-bond acceptors (Lipinski definition) is 1. The van der Waals surface area contributed by atoms with Gasteiger partial charge in [0.25, 0.3) is 0 Å². The molecule has 0 aliphatic carbocycles. The Hall–Kier alpha value is -0.520. The van der Waals surface area contributed by atoms with Crippen LogP contribution in [0, 0.1) is 0 Å². The molecule has 2 N–H and O–H groups in total. The van der Waals surface area contributed by atoms with Crippen molar-refractivity contribution in [3.8, 4) is 0 Å². The molecule has 1 heteroatoms. The van der Waals surface area contributed by atoms with Gasteiger partial charge in [-0.3, -0.25) is 0 Å². The molecule has 0 aliphatic heterocycles. The molecule has 0 atom stereocenters. The van der Waals surface area contributed by atoms with Gasteiger partial charge in [0.15, 0.2) is 0 Å². The first-order valence-corrected chi connectivity index (χ1v) is 5.56. The van der Waals surface area contributed by atoms with Gasteiger partial charge in [-0.1, -0.05) is 13.3 Å². The molecule has 0 radical (unpaired) electrons. The molecule has 0 amide bonds. The highest BCUT2D eigenvalue weighted by atomic mass is 14.7. The van der Waals surface area contributed by atoms with Gasteiger partial charge in [-0.2, -0.15) is 0 Å². The van der Waals surface area contributed by atoms with E-state index >= 15 is 0 Å². The average Bonchev–Trinajstić information content (AvgIpc) is 1.96. The monoisotopic (exact) mass is 195 g/mol. The molecule has 0 heterocycles. The lowest BCUT2D eigenvalue weighted by molar-refractivity contribution is 0.514. The third-order valence-corrected chi connectivity index (χ3v) is 2.05. The van der Waals surface area contributed by atoms with Crippen molar-refractivity contribution in [3.63, 3.8) is 0 Å². The molecule has 0 bridgehead atoms. The van der Waals surface area contributed by atoms with E-state index in [0.717, 1.165) is 6.42 Å². The molecular weight excluding hydrogens is 170 g/mol. The van der Waals surface area contributed by atoms with E-state index in [2.05, 4.69) is 40.3 Å². The summed E-state index contributed by atoms with van der Waals surface area (Å²) < 4.78 is 0. The van der Waals surface area contributed by atoms with Crippen LogP contribution in [-0.4, -0.2) is 5.54 Å². The Bertz CT molecular complexity index is 224. The molecule has 0 unspecified atom stereocenters. The maximum atomic E-state index is 5.94. The van der Waals surface area contributed by atoms with Crippen LogP contribution in [-0.2, 0) is 0 Å². The minimum absolute atomic E-state index is 0.109. The molecule has 0 aromatic carbocycles. The predicted molar refractivity (Wildman–Crippen MR) is 64.3 cm³/mol. The first-order valence-electron chi connectivity index (χ1n) is 5.56. The smallest absolute Gasteiger partial charge is 0.0140 e. The second-order valence-electron chi connectivity index (χ2n) is 4.95. The normalized spacial score (nSPS) is 11.0. The molecule has 0 saturated heterocycles. The highest BCUT2D eigenvalue weighted by molar-refractivity contribution is 5.08. The van der Waals surface area contributed by atoms with E-state index in [9.17, 15) is 0 Å². The lowest BCUT2D eigenvalue weighted by Crippen LogP contribution is -2.31. The predicted octanol–water partition coefficient (Wildman–Crippen LogP) is 3.80. The maximum absolute atomic E-state index is 5.94. The van der Waals surface area contributed by atoms with Crippen LogP contribution in [0.15, 0.2) is 16.9 Å². The van der Waals surface area contributed by atoms with Crippen molar-refractivity contribution in [3.05, 3.63) is 16.9 Å². The van der Waals surface area contributed by atoms with Crippen molar-refractivity contribution in [2.24, 2.45) is 5.73 Å². The molecule has 0 aliphatic rings. The Morgan fingerprint density at radius 1 is 1.21 bits per heavy atom. The Kier molecular flexibility index (Phi) is 5.83. The minimum Gasteiger partial charge on any atom is -0.325 e. The maximum Gasteiger partial charge on any atom is 0.0140 e. The summed E-state index contributed by atoms with van der Waals surface area (Å²) in [5.41, 5.74) is 11.9. The SMILES string of the molecule is CCCCC(C)=C=C(C)CC(C)(C)N. The Morgan fingerprint density at radius 2 is 1.79 bits per heavy atom. The van der Waals surface area contributed by atoms with Gasteiger partial charge in [0.1, 0.15) is 0 Å². The first-order chi connectivity index (χ1) is 6.35. The van der Waals surface area contributed by atoms with Crippen molar-refractivity contribution in [1.29, 1.82) is 0 Å². The summed E-state index contributed by atoms with van der Waals surface area (Å²) in [4.78, 5) is 0. The highest BCUT2D eigenvalue weighted by Gasteiger charge is 2.10. The number of hydrogen-bond donors (Lipinski definition) is 1. The molecule has 0 aromatic rings. The summed E-state index contributed by atoms with van der Waals surface area (Å²) in [6.07, 6.45) is 4.61. The van der Waals surface area contributed by atoms with E-state index in [1.807, 2.05) is 0 Å². The van der Waals surface area contributed by atoms with Crippen LogP contribution in [0.4, 0.5) is 0 Å². The Labute approximate surface area is 89.1 Å². The van der Waals surface area contributed by atoms with E-state index < -0.39 is 0 Å².